The minimum absolute atomic E-state index is 0.0548. The minimum Gasteiger partial charge on any atom is -0.334 e. The molecule has 2 aromatic carbocycles. The van der Waals surface area contributed by atoms with Crippen LogP contribution >= 0.6 is 0 Å². The lowest BCUT2D eigenvalue weighted by Gasteiger charge is -2.11. The molecular formula is C26H28N6O3. The number of rotatable bonds is 9. The normalized spacial score (nSPS) is 10.9. The first kappa shape index (κ1) is 23.9. The van der Waals surface area contributed by atoms with Gasteiger partial charge in [-0.15, -0.1) is 0 Å². The van der Waals surface area contributed by atoms with Crippen LogP contribution in [-0.4, -0.2) is 25.5 Å². The molecule has 4 aromatic rings. The van der Waals surface area contributed by atoms with Gasteiger partial charge in [0.2, 0.25) is 0 Å². The van der Waals surface area contributed by atoms with Crippen LogP contribution in [-0.2, 0) is 19.5 Å². The van der Waals surface area contributed by atoms with Gasteiger partial charge in [-0.1, -0.05) is 55.8 Å². The quantitative estimate of drug-likeness (QED) is 0.251. The summed E-state index contributed by atoms with van der Waals surface area (Å²) in [5.74, 6) is 0.867. The highest BCUT2D eigenvalue weighted by molar-refractivity contribution is 5.92. The van der Waals surface area contributed by atoms with E-state index in [0.29, 0.717) is 35.6 Å². The van der Waals surface area contributed by atoms with Gasteiger partial charge >= 0.3 is 6.03 Å². The molecule has 0 atom stereocenters. The maximum atomic E-state index is 12.5. The second-order valence-electron chi connectivity index (χ2n) is 8.40. The van der Waals surface area contributed by atoms with Crippen molar-refractivity contribution in [1.29, 1.82) is 0 Å². The zero-order valence-electron chi connectivity index (χ0n) is 19.8. The number of unbranched alkanes of at least 4 members (excludes halogenated alkanes) is 1. The average molecular weight is 473 g/mol. The molecule has 0 aliphatic heterocycles. The van der Waals surface area contributed by atoms with Crippen molar-refractivity contribution < 1.29 is 9.72 Å². The third-order valence-corrected chi connectivity index (χ3v) is 5.75. The third-order valence-electron chi connectivity index (χ3n) is 5.75. The Bertz CT molecular complexity index is 1350. The molecule has 0 fully saturated rings. The number of benzene rings is 2. The predicted octanol–water partition coefficient (Wildman–Crippen LogP) is 5.36. The second-order valence-corrected chi connectivity index (χ2v) is 8.40. The summed E-state index contributed by atoms with van der Waals surface area (Å²) in [7, 11) is 0. The van der Waals surface area contributed by atoms with Gasteiger partial charge in [-0.25, -0.2) is 14.8 Å². The van der Waals surface area contributed by atoms with Crippen molar-refractivity contribution in [2.75, 3.05) is 5.32 Å². The van der Waals surface area contributed by atoms with Gasteiger partial charge in [0.05, 0.1) is 22.8 Å². The van der Waals surface area contributed by atoms with E-state index in [0.717, 1.165) is 36.2 Å². The van der Waals surface area contributed by atoms with Gasteiger partial charge in [-0.05, 0) is 30.5 Å². The van der Waals surface area contributed by atoms with Crippen molar-refractivity contribution >= 4 is 28.6 Å². The van der Waals surface area contributed by atoms with Crippen LogP contribution in [0.25, 0.3) is 11.2 Å². The van der Waals surface area contributed by atoms with Gasteiger partial charge in [-0.2, -0.15) is 0 Å². The fraction of sp³-hybridized carbons (Fsp3) is 0.269. The highest BCUT2D eigenvalue weighted by Crippen LogP contribution is 2.24. The number of non-ortho nitro benzene ring substituents is 1. The second kappa shape index (κ2) is 10.8. The largest absolute Gasteiger partial charge is 0.334 e. The fourth-order valence-electron chi connectivity index (χ4n) is 3.90. The molecule has 35 heavy (non-hydrogen) atoms. The maximum Gasteiger partial charge on any atom is 0.319 e. The lowest BCUT2D eigenvalue weighted by molar-refractivity contribution is -0.384. The van der Waals surface area contributed by atoms with Crippen molar-refractivity contribution in [1.82, 2.24) is 19.9 Å². The third kappa shape index (κ3) is 5.81. The van der Waals surface area contributed by atoms with E-state index >= 15 is 0 Å². The first-order valence-electron chi connectivity index (χ1n) is 11.6. The molecule has 2 N–H and O–H groups in total. The van der Waals surface area contributed by atoms with Crippen LogP contribution in [0.5, 0.6) is 0 Å². The van der Waals surface area contributed by atoms with E-state index in [1.54, 1.807) is 12.1 Å². The Morgan fingerprint density at radius 1 is 1.06 bits per heavy atom. The van der Waals surface area contributed by atoms with Gasteiger partial charge in [0.15, 0.2) is 5.65 Å². The fourth-order valence-corrected chi connectivity index (χ4v) is 3.90. The number of aromatic nitrogens is 3. The summed E-state index contributed by atoms with van der Waals surface area (Å²) < 4.78 is 2.01. The molecule has 9 heteroatoms. The van der Waals surface area contributed by atoms with Gasteiger partial charge < -0.3 is 15.2 Å². The number of pyridine rings is 1. The number of imidazole rings is 1. The summed E-state index contributed by atoms with van der Waals surface area (Å²) in [6.07, 6.45) is 2.74. The van der Waals surface area contributed by atoms with E-state index in [2.05, 4.69) is 17.6 Å². The Balaban J connectivity index is 1.60. The Morgan fingerprint density at radius 3 is 2.57 bits per heavy atom. The number of nitrogens with zero attached hydrogens (tertiary/aromatic N) is 4. The van der Waals surface area contributed by atoms with Gasteiger partial charge in [0.1, 0.15) is 11.3 Å². The number of urea groups is 1. The van der Waals surface area contributed by atoms with Crippen molar-refractivity contribution in [3.63, 3.8) is 0 Å². The van der Waals surface area contributed by atoms with Crippen LogP contribution in [0.1, 0.15) is 42.4 Å². The molecule has 2 heterocycles. The first-order chi connectivity index (χ1) is 16.9. The molecule has 4 rings (SSSR count). The Kier molecular flexibility index (Phi) is 7.35. The van der Waals surface area contributed by atoms with Crippen LogP contribution in [0.3, 0.4) is 0 Å². The topological polar surface area (TPSA) is 115 Å². The SMILES string of the molecule is CCCCc1nc2cc(NC(=O)NCc3ccccc3)c(C)nc2n1Cc1cccc([N+](=O)[O-])c1. The summed E-state index contributed by atoms with van der Waals surface area (Å²) >= 11 is 0. The molecule has 2 aromatic heterocycles. The van der Waals surface area contributed by atoms with Crippen LogP contribution in [0.2, 0.25) is 0 Å². The number of nitrogens with one attached hydrogen (secondary N) is 2. The molecule has 0 bridgehead atoms. The van der Waals surface area contributed by atoms with Crippen molar-refractivity contribution in [3.8, 4) is 0 Å². The van der Waals surface area contributed by atoms with Crippen LogP contribution in [0.4, 0.5) is 16.2 Å². The smallest absolute Gasteiger partial charge is 0.319 e. The van der Waals surface area contributed by atoms with E-state index in [1.807, 2.05) is 54.0 Å². The Morgan fingerprint density at radius 2 is 1.83 bits per heavy atom. The zero-order chi connectivity index (χ0) is 24.8. The monoisotopic (exact) mass is 472 g/mol. The number of anilines is 1. The lowest BCUT2D eigenvalue weighted by Crippen LogP contribution is -2.28. The van der Waals surface area contributed by atoms with E-state index in [-0.39, 0.29) is 11.7 Å². The number of fused-ring (bicyclic) bond motifs is 1. The zero-order valence-corrected chi connectivity index (χ0v) is 19.8. The molecule has 0 saturated carbocycles. The van der Waals surface area contributed by atoms with Gasteiger partial charge in [0.25, 0.3) is 5.69 Å². The van der Waals surface area contributed by atoms with E-state index in [9.17, 15) is 14.9 Å². The highest BCUT2D eigenvalue weighted by Gasteiger charge is 2.17. The molecule has 9 nitrogen and oxygen atoms in total. The number of amides is 2. The number of hydrogen-bond acceptors (Lipinski definition) is 5. The van der Waals surface area contributed by atoms with Crippen LogP contribution in [0.15, 0.2) is 60.7 Å². The number of nitro groups is 1. The van der Waals surface area contributed by atoms with Gasteiger partial charge in [0, 0.05) is 25.1 Å². The Labute approximate surface area is 203 Å². The van der Waals surface area contributed by atoms with Crippen molar-refractivity contribution in [2.24, 2.45) is 0 Å². The van der Waals surface area contributed by atoms with E-state index in [4.69, 9.17) is 9.97 Å². The molecule has 2 amide bonds. The standard InChI is InChI=1S/C26H28N6O3/c1-3-4-13-24-29-23-15-22(30-26(33)27-16-19-9-6-5-7-10-19)18(2)28-25(23)31(24)17-20-11-8-12-21(14-20)32(34)35/h5-12,14-15H,3-4,13,16-17H2,1-2H3,(H2,27,30,33). The van der Waals surface area contributed by atoms with Crippen LogP contribution in [0, 0.1) is 17.0 Å². The van der Waals surface area contributed by atoms with Crippen molar-refractivity contribution in [3.05, 3.63) is 93.4 Å². The summed E-state index contributed by atoms with van der Waals surface area (Å²) in [6.45, 7) is 4.79. The Hall–Kier alpha value is -4.27. The molecule has 0 aliphatic rings. The maximum absolute atomic E-state index is 12.5. The molecule has 0 aliphatic carbocycles. The summed E-state index contributed by atoms with van der Waals surface area (Å²) in [5, 5.41) is 16.9. The number of hydrogen-bond donors (Lipinski definition) is 2. The average Bonchev–Trinajstić information content (AvgIpc) is 3.18. The number of carbonyl (C=O) groups is 1. The molecular weight excluding hydrogens is 444 g/mol. The molecule has 0 spiro atoms. The summed E-state index contributed by atoms with van der Waals surface area (Å²) in [6, 6.07) is 17.8. The molecule has 0 radical (unpaired) electrons. The van der Waals surface area contributed by atoms with E-state index in [1.165, 1.54) is 6.07 Å². The molecule has 0 unspecified atom stereocenters. The predicted molar refractivity (Wildman–Crippen MR) is 135 cm³/mol. The summed E-state index contributed by atoms with van der Waals surface area (Å²) in [5.41, 5.74) is 4.48. The highest BCUT2D eigenvalue weighted by atomic mass is 16.6. The minimum atomic E-state index is -0.392. The first-order valence-corrected chi connectivity index (χ1v) is 11.6. The van der Waals surface area contributed by atoms with Crippen LogP contribution < -0.4 is 10.6 Å². The van der Waals surface area contributed by atoms with Gasteiger partial charge in [-0.3, -0.25) is 10.1 Å². The van der Waals surface area contributed by atoms with Crippen molar-refractivity contribution in [2.45, 2.75) is 46.2 Å². The lowest BCUT2D eigenvalue weighted by atomic mass is 10.2. The number of nitro benzene ring substituents is 1. The summed E-state index contributed by atoms with van der Waals surface area (Å²) in [4.78, 5) is 32.9. The number of carbonyl (C=O) groups excluding carboxylic acids is 1. The number of aryl methyl sites for hydroxylation is 2. The molecule has 0 saturated heterocycles. The molecule has 180 valence electrons. The van der Waals surface area contributed by atoms with E-state index < -0.39 is 4.92 Å².